The molecule has 0 aromatic carbocycles. The predicted octanol–water partition coefficient (Wildman–Crippen LogP) is 4.51. The Labute approximate surface area is 177 Å². The average molecular weight is 442 g/mol. The molecule has 0 spiro atoms. The molecule has 2 aromatic heterocycles. The number of aryl methyl sites for hydroxylation is 1. The summed E-state index contributed by atoms with van der Waals surface area (Å²) in [4.78, 5) is 35.9. The van der Waals surface area contributed by atoms with Crippen LogP contribution in [0, 0.1) is 24.6 Å². The summed E-state index contributed by atoms with van der Waals surface area (Å²) in [6, 6.07) is 1.34. The molecular formula is C19H24FN3O2S3. The molecule has 0 N–H and O–H groups in total. The number of halogens is 1. The van der Waals surface area contributed by atoms with Gasteiger partial charge in [-0.15, -0.1) is 0 Å². The average Bonchev–Trinajstić information content (AvgIpc) is 3.03. The second-order valence-electron chi connectivity index (χ2n) is 6.53. The van der Waals surface area contributed by atoms with Crippen LogP contribution in [0.4, 0.5) is 9.39 Å². The lowest BCUT2D eigenvalue weighted by Crippen LogP contribution is -2.44. The molecule has 0 aliphatic carbocycles. The van der Waals surface area contributed by atoms with Gasteiger partial charge in [0.1, 0.15) is 15.8 Å². The molecule has 0 aliphatic rings. The lowest BCUT2D eigenvalue weighted by molar-refractivity contribution is -0.129. The number of hydrogen-bond acceptors (Lipinski definition) is 7. The van der Waals surface area contributed by atoms with Gasteiger partial charge in [0, 0.05) is 35.1 Å². The molecule has 2 atom stereocenters. The monoisotopic (exact) mass is 441 g/mol. The van der Waals surface area contributed by atoms with Crippen molar-refractivity contribution in [1.82, 2.24) is 9.97 Å². The van der Waals surface area contributed by atoms with Crippen molar-refractivity contribution in [3.63, 3.8) is 0 Å². The number of amides is 2. The summed E-state index contributed by atoms with van der Waals surface area (Å²) in [5, 5.41) is 1.02. The van der Waals surface area contributed by atoms with Gasteiger partial charge in [-0.2, -0.15) is 23.5 Å². The molecule has 0 radical (unpaired) electrons. The van der Waals surface area contributed by atoms with Gasteiger partial charge < -0.3 is 0 Å². The van der Waals surface area contributed by atoms with E-state index >= 15 is 0 Å². The van der Waals surface area contributed by atoms with Gasteiger partial charge >= 0.3 is 0 Å². The number of carbonyl (C=O) groups is 2. The number of aromatic nitrogens is 2. The zero-order valence-corrected chi connectivity index (χ0v) is 19.0. The van der Waals surface area contributed by atoms with Gasteiger partial charge in [0.15, 0.2) is 0 Å². The molecule has 28 heavy (non-hydrogen) atoms. The zero-order chi connectivity index (χ0) is 20.8. The number of hydrogen-bond donors (Lipinski definition) is 0. The summed E-state index contributed by atoms with van der Waals surface area (Å²) in [5.74, 6) is -0.290. The maximum Gasteiger partial charge on any atom is 0.238 e. The Morgan fingerprint density at radius 2 is 1.71 bits per heavy atom. The van der Waals surface area contributed by atoms with Crippen LogP contribution >= 0.6 is 34.9 Å². The first-order valence-corrected chi connectivity index (χ1v) is 12.3. The van der Waals surface area contributed by atoms with Crippen molar-refractivity contribution in [3.8, 4) is 10.6 Å². The molecular weight excluding hydrogens is 417 g/mol. The lowest BCUT2D eigenvalue weighted by Gasteiger charge is -2.25. The Hall–Kier alpha value is -1.45. The fourth-order valence-electron chi connectivity index (χ4n) is 2.64. The van der Waals surface area contributed by atoms with E-state index in [9.17, 15) is 14.0 Å². The number of rotatable bonds is 8. The van der Waals surface area contributed by atoms with Crippen molar-refractivity contribution in [2.45, 2.75) is 20.8 Å². The molecule has 152 valence electrons. The number of thiazole rings is 1. The molecule has 2 unspecified atom stereocenters. The summed E-state index contributed by atoms with van der Waals surface area (Å²) in [6.45, 7) is 5.41. The number of carbonyl (C=O) groups excluding carboxylic acids is 2. The van der Waals surface area contributed by atoms with Crippen molar-refractivity contribution >= 4 is 51.7 Å². The summed E-state index contributed by atoms with van der Waals surface area (Å²) < 4.78 is 13.5. The number of thioether (sulfide) groups is 2. The van der Waals surface area contributed by atoms with Crippen molar-refractivity contribution in [3.05, 3.63) is 30.0 Å². The summed E-state index contributed by atoms with van der Waals surface area (Å²) in [6.07, 6.45) is 6.50. The standard InChI is InChI=1S/C19H24FN3O2S3/c1-11(9-26-4)17(24)23(18(25)12(2)10-27-5)19-13(3)22-16(28-19)14-6-15(20)8-21-7-14/h6-8,11-12H,9-10H2,1-5H3. The quantitative estimate of drug-likeness (QED) is 0.601. The topological polar surface area (TPSA) is 63.2 Å². The van der Waals surface area contributed by atoms with Gasteiger partial charge in [-0.3, -0.25) is 14.6 Å². The van der Waals surface area contributed by atoms with Crippen molar-refractivity contribution in [2.75, 3.05) is 28.9 Å². The van der Waals surface area contributed by atoms with Gasteiger partial charge in [0.2, 0.25) is 11.8 Å². The third kappa shape index (κ3) is 5.33. The van der Waals surface area contributed by atoms with Crippen LogP contribution in [0.5, 0.6) is 0 Å². The van der Waals surface area contributed by atoms with Crippen LogP contribution in [-0.4, -0.2) is 45.8 Å². The fourth-order valence-corrected chi connectivity index (χ4v) is 4.99. The van der Waals surface area contributed by atoms with E-state index < -0.39 is 5.82 Å². The van der Waals surface area contributed by atoms with Gasteiger partial charge in [-0.05, 0) is 25.5 Å². The SMILES string of the molecule is CSCC(C)C(=O)N(C(=O)C(C)CSC)c1sc(-c2cncc(F)c2)nc1C. The maximum absolute atomic E-state index is 13.5. The molecule has 0 fully saturated rings. The van der Waals surface area contributed by atoms with E-state index in [2.05, 4.69) is 9.97 Å². The minimum absolute atomic E-state index is 0.233. The third-order valence-corrected chi connectivity index (χ3v) is 6.90. The highest BCUT2D eigenvalue weighted by molar-refractivity contribution is 7.98. The Morgan fingerprint density at radius 3 is 2.21 bits per heavy atom. The predicted molar refractivity (Wildman–Crippen MR) is 118 cm³/mol. The second kappa shape index (κ2) is 10.4. The first kappa shape index (κ1) is 22.8. The van der Waals surface area contributed by atoms with Crippen molar-refractivity contribution in [1.29, 1.82) is 0 Å². The van der Waals surface area contributed by atoms with E-state index in [1.807, 2.05) is 26.4 Å². The second-order valence-corrected chi connectivity index (χ2v) is 9.32. The normalized spacial score (nSPS) is 13.2. The van der Waals surface area contributed by atoms with Crippen LogP contribution in [-0.2, 0) is 9.59 Å². The lowest BCUT2D eigenvalue weighted by atomic mass is 10.1. The molecule has 0 bridgehead atoms. The van der Waals surface area contributed by atoms with E-state index in [0.29, 0.717) is 32.8 Å². The van der Waals surface area contributed by atoms with Crippen LogP contribution in [0.25, 0.3) is 10.6 Å². The highest BCUT2D eigenvalue weighted by atomic mass is 32.2. The van der Waals surface area contributed by atoms with Gasteiger partial charge in [-0.25, -0.2) is 14.3 Å². The maximum atomic E-state index is 13.5. The van der Waals surface area contributed by atoms with Crippen LogP contribution in [0.3, 0.4) is 0 Å². The molecule has 5 nitrogen and oxygen atoms in total. The minimum atomic E-state index is -0.460. The highest BCUT2D eigenvalue weighted by Gasteiger charge is 2.33. The zero-order valence-electron chi connectivity index (χ0n) is 16.6. The van der Waals surface area contributed by atoms with E-state index in [-0.39, 0.29) is 23.7 Å². The van der Waals surface area contributed by atoms with Crippen molar-refractivity contribution < 1.29 is 14.0 Å². The molecule has 0 saturated carbocycles. The smallest absolute Gasteiger partial charge is 0.238 e. The van der Waals surface area contributed by atoms with Crippen molar-refractivity contribution in [2.24, 2.45) is 11.8 Å². The van der Waals surface area contributed by atoms with E-state index in [0.717, 1.165) is 6.20 Å². The van der Waals surface area contributed by atoms with E-state index in [1.54, 1.807) is 30.4 Å². The molecule has 2 rings (SSSR count). The van der Waals surface area contributed by atoms with Crippen LogP contribution in [0.1, 0.15) is 19.5 Å². The van der Waals surface area contributed by atoms with Crippen LogP contribution in [0.2, 0.25) is 0 Å². The van der Waals surface area contributed by atoms with Gasteiger partial charge in [0.25, 0.3) is 0 Å². The Morgan fingerprint density at radius 1 is 1.14 bits per heavy atom. The van der Waals surface area contributed by atoms with E-state index in [1.165, 1.54) is 28.5 Å². The summed E-state index contributed by atoms with van der Waals surface area (Å²) in [7, 11) is 0. The fraction of sp³-hybridized carbons (Fsp3) is 0.474. The van der Waals surface area contributed by atoms with Crippen LogP contribution < -0.4 is 4.90 Å². The number of nitrogens with zero attached hydrogens (tertiary/aromatic N) is 3. The first-order chi connectivity index (χ1) is 13.3. The summed E-state index contributed by atoms with van der Waals surface area (Å²) >= 11 is 4.34. The molecule has 0 aliphatic heterocycles. The molecule has 2 aromatic rings. The first-order valence-electron chi connectivity index (χ1n) is 8.74. The Balaban J connectivity index is 2.48. The van der Waals surface area contributed by atoms with E-state index in [4.69, 9.17) is 0 Å². The Bertz CT molecular complexity index is 820. The Kier molecular flexibility index (Phi) is 8.45. The number of anilines is 1. The van der Waals surface area contributed by atoms with Crippen LogP contribution in [0.15, 0.2) is 18.5 Å². The highest BCUT2D eigenvalue weighted by Crippen LogP contribution is 2.36. The number of imide groups is 1. The third-order valence-electron chi connectivity index (χ3n) is 4.04. The molecule has 9 heteroatoms. The molecule has 0 saturated heterocycles. The van der Waals surface area contributed by atoms with Gasteiger partial charge in [0.05, 0.1) is 11.9 Å². The largest absolute Gasteiger partial charge is 0.274 e. The summed E-state index contributed by atoms with van der Waals surface area (Å²) in [5.41, 5.74) is 1.09. The number of pyridine rings is 1. The van der Waals surface area contributed by atoms with Gasteiger partial charge in [-0.1, -0.05) is 25.2 Å². The minimum Gasteiger partial charge on any atom is -0.274 e. The molecule has 2 amide bonds. The molecule has 2 heterocycles.